The molecule has 0 aliphatic heterocycles. The van der Waals surface area contributed by atoms with Crippen LogP contribution in [0.5, 0.6) is 0 Å². The van der Waals surface area contributed by atoms with Crippen molar-refractivity contribution in [2.45, 2.75) is 62.5 Å². The number of aryl methyl sites for hydroxylation is 1. The first-order chi connectivity index (χ1) is 18.7. The Morgan fingerprint density at radius 2 is 1.52 bits per heavy atom. The van der Waals surface area contributed by atoms with Crippen molar-refractivity contribution in [2.75, 3.05) is 17.1 Å². The Bertz CT molecular complexity index is 1420. The number of hydrogen-bond donors (Lipinski definition) is 1. The number of nitrogens with zero attached hydrogens (tertiary/aromatic N) is 2. The normalized spacial score (nSPS) is 12.5. The van der Waals surface area contributed by atoms with Gasteiger partial charge in [-0.2, -0.15) is 0 Å². The maximum Gasteiger partial charge on any atom is 0.264 e. The van der Waals surface area contributed by atoms with Crippen LogP contribution in [0.1, 0.15) is 38.8 Å². The third kappa shape index (κ3) is 8.34. The molecule has 1 N–H and O–H groups in total. The number of rotatable bonds is 10. The van der Waals surface area contributed by atoms with E-state index in [-0.39, 0.29) is 17.3 Å². The van der Waals surface area contributed by atoms with E-state index in [9.17, 15) is 18.0 Å². The lowest BCUT2D eigenvalue weighted by molar-refractivity contribution is -0.140. The van der Waals surface area contributed by atoms with Gasteiger partial charge in [0.1, 0.15) is 12.6 Å². The Morgan fingerprint density at radius 1 is 0.950 bits per heavy atom. The van der Waals surface area contributed by atoms with Gasteiger partial charge < -0.3 is 10.2 Å². The molecule has 2 amide bonds. The fourth-order valence-corrected chi connectivity index (χ4v) is 6.04. The third-order valence-corrected chi connectivity index (χ3v) is 9.24. The third-order valence-electron chi connectivity index (χ3n) is 6.18. The summed E-state index contributed by atoms with van der Waals surface area (Å²) in [4.78, 5) is 29.6. The van der Waals surface area contributed by atoms with E-state index in [1.54, 1.807) is 55.5 Å². The van der Waals surface area contributed by atoms with E-state index >= 15 is 0 Å². The maximum atomic E-state index is 14.0. The average Bonchev–Trinajstić information content (AvgIpc) is 2.90. The van der Waals surface area contributed by atoms with E-state index in [1.807, 2.05) is 58.2 Å². The van der Waals surface area contributed by atoms with Crippen LogP contribution in [0.3, 0.4) is 0 Å². The van der Waals surface area contributed by atoms with Crippen molar-refractivity contribution in [2.24, 2.45) is 0 Å². The predicted octanol–water partition coefficient (Wildman–Crippen LogP) is 6.01. The molecule has 3 aromatic rings. The van der Waals surface area contributed by atoms with Gasteiger partial charge in [0.15, 0.2) is 0 Å². The van der Waals surface area contributed by atoms with Crippen molar-refractivity contribution in [3.8, 4) is 0 Å². The summed E-state index contributed by atoms with van der Waals surface area (Å²) in [6, 6.07) is 20.2. The zero-order valence-electron chi connectivity index (χ0n) is 23.6. The molecular formula is C30H36BrN3O4S2. The van der Waals surface area contributed by atoms with Crippen molar-refractivity contribution in [3.05, 3.63) is 88.4 Å². The molecule has 0 saturated heterocycles. The van der Waals surface area contributed by atoms with Crippen LogP contribution in [0.15, 0.2) is 87.1 Å². The number of amides is 2. The highest BCUT2D eigenvalue weighted by molar-refractivity contribution is 9.10. The topological polar surface area (TPSA) is 86.8 Å². The molecule has 0 heterocycles. The molecule has 0 spiro atoms. The Labute approximate surface area is 250 Å². The number of hydrogen-bond acceptors (Lipinski definition) is 5. The van der Waals surface area contributed by atoms with E-state index in [0.717, 1.165) is 24.8 Å². The van der Waals surface area contributed by atoms with Gasteiger partial charge in [-0.1, -0.05) is 45.8 Å². The van der Waals surface area contributed by atoms with E-state index < -0.39 is 34.1 Å². The van der Waals surface area contributed by atoms with Gasteiger partial charge in [-0.25, -0.2) is 8.42 Å². The summed E-state index contributed by atoms with van der Waals surface area (Å²) in [6.07, 6.45) is 1.91. The highest BCUT2D eigenvalue weighted by atomic mass is 79.9. The Morgan fingerprint density at radius 3 is 2.05 bits per heavy atom. The summed E-state index contributed by atoms with van der Waals surface area (Å²) in [5, 5.41) is 2.93. The summed E-state index contributed by atoms with van der Waals surface area (Å²) >= 11 is 4.93. The van der Waals surface area contributed by atoms with Crippen LogP contribution in [-0.2, 0) is 26.2 Å². The molecule has 10 heteroatoms. The molecule has 0 aliphatic carbocycles. The second-order valence-electron chi connectivity index (χ2n) is 10.6. The SMILES string of the molecule is CSc1ccc(S(=O)(=O)N(CC(=O)N(Cc2ccc(Br)cc2)[C@@H](C)C(=O)NC(C)(C)C)c2ccc(C)cc2)cc1. The lowest BCUT2D eigenvalue weighted by Gasteiger charge is -2.33. The minimum atomic E-state index is -4.10. The number of anilines is 1. The second-order valence-corrected chi connectivity index (χ2v) is 14.2. The van der Waals surface area contributed by atoms with Gasteiger partial charge in [-0.15, -0.1) is 11.8 Å². The fraction of sp³-hybridized carbons (Fsp3) is 0.333. The van der Waals surface area contributed by atoms with Gasteiger partial charge in [-0.3, -0.25) is 13.9 Å². The van der Waals surface area contributed by atoms with Crippen LogP contribution in [-0.4, -0.2) is 49.5 Å². The van der Waals surface area contributed by atoms with Crippen LogP contribution < -0.4 is 9.62 Å². The first kappa shape index (κ1) is 31.7. The van der Waals surface area contributed by atoms with Gasteiger partial charge in [0, 0.05) is 21.5 Å². The Kier molecular flexibility index (Phi) is 10.5. The van der Waals surface area contributed by atoms with Crippen molar-refractivity contribution in [3.63, 3.8) is 0 Å². The monoisotopic (exact) mass is 645 g/mol. The van der Waals surface area contributed by atoms with Crippen molar-refractivity contribution in [1.29, 1.82) is 0 Å². The molecule has 40 heavy (non-hydrogen) atoms. The van der Waals surface area contributed by atoms with Crippen LogP contribution in [0.25, 0.3) is 0 Å². The maximum absolute atomic E-state index is 14.0. The van der Waals surface area contributed by atoms with Crippen LogP contribution >= 0.6 is 27.7 Å². The zero-order valence-corrected chi connectivity index (χ0v) is 26.9. The smallest absolute Gasteiger partial charge is 0.264 e. The molecule has 3 aromatic carbocycles. The lowest BCUT2D eigenvalue weighted by atomic mass is 10.1. The molecule has 0 fully saturated rings. The number of sulfonamides is 1. The minimum Gasteiger partial charge on any atom is -0.350 e. The fourth-order valence-electron chi connectivity index (χ4n) is 3.96. The molecule has 0 unspecified atom stereocenters. The second kappa shape index (κ2) is 13.2. The number of carbonyl (C=O) groups excluding carboxylic acids is 2. The molecular weight excluding hydrogens is 610 g/mol. The lowest BCUT2D eigenvalue weighted by Crippen LogP contribution is -2.54. The van der Waals surface area contributed by atoms with Crippen molar-refractivity contribution in [1.82, 2.24) is 10.2 Å². The molecule has 0 aromatic heterocycles. The van der Waals surface area contributed by atoms with E-state index in [1.165, 1.54) is 16.7 Å². The number of thioether (sulfide) groups is 1. The number of halogens is 1. The quantitative estimate of drug-likeness (QED) is 0.273. The van der Waals surface area contributed by atoms with Crippen LogP contribution in [0, 0.1) is 6.92 Å². The molecule has 214 valence electrons. The number of nitrogens with one attached hydrogen (secondary N) is 1. The van der Waals surface area contributed by atoms with E-state index in [0.29, 0.717) is 5.69 Å². The Balaban J connectivity index is 2.03. The number of carbonyl (C=O) groups is 2. The summed E-state index contributed by atoms with van der Waals surface area (Å²) in [5.41, 5.74) is 1.63. The molecule has 0 bridgehead atoms. The molecule has 7 nitrogen and oxygen atoms in total. The average molecular weight is 647 g/mol. The van der Waals surface area contributed by atoms with E-state index in [2.05, 4.69) is 21.2 Å². The summed E-state index contributed by atoms with van der Waals surface area (Å²) in [5.74, 6) is -0.820. The van der Waals surface area contributed by atoms with Crippen molar-refractivity contribution >= 4 is 55.2 Å². The van der Waals surface area contributed by atoms with E-state index in [4.69, 9.17) is 0 Å². The Hall–Kier alpha value is -2.82. The summed E-state index contributed by atoms with van der Waals surface area (Å²) in [6.45, 7) is 8.83. The first-order valence-electron chi connectivity index (χ1n) is 12.8. The molecule has 0 saturated carbocycles. The zero-order chi connectivity index (χ0) is 29.7. The minimum absolute atomic E-state index is 0.0802. The summed E-state index contributed by atoms with van der Waals surface area (Å²) in [7, 11) is -4.10. The molecule has 3 rings (SSSR count). The van der Waals surface area contributed by atoms with Gasteiger partial charge in [-0.05, 0) is 95.0 Å². The highest BCUT2D eigenvalue weighted by Crippen LogP contribution is 2.27. The predicted molar refractivity (Wildman–Crippen MR) is 166 cm³/mol. The summed E-state index contributed by atoms with van der Waals surface area (Å²) < 4.78 is 29.9. The first-order valence-corrected chi connectivity index (χ1v) is 16.3. The van der Waals surface area contributed by atoms with Gasteiger partial charge in [0.25, 0.3) is 10.0 Å². The molecule has 0 radical (unpaired) electrons. The van der Waals surface area contributed by atoms with Gasteiger partial charge in [0.05, 0.1) is 10.6 Å². The van der Waals surface area contributed by atoms with Gasteiger partial charge in [0.2, 0.25) is 11.8 Å². The number of benzene rings is 3. The van der Waals surface area contributed by atoms with Crippen LogP contribution in [0.4, 0.5) is 5.69 Å². The van der Waals surface area contributed by atoms with Crippen LogP contribution in [0.2, 0.25) is 0 Å². The van der Waals surface area contributed by atoms with Gasteiger partial charge >= 0.3 is 0 Å². The molecule has 0 aliphatic rings. The highest BCUT2D eigenvalue weighted by Gasteiger charge is 2.33. The standard InChI is InChI=1S/C30H36BrN3O4S2/c1-21-7-13-25(14-8-21)34(40(37,38)27-17-15-26(39-6)16-18-27)20-28(35)33(19-23-9-11-24(31)12-10-23)22(2)29(36)32-30(3,4)5/h7-18,22H,19-20H2,1-6H3,(H,32,36)/t22-/m0/s1. The van der Waals surface area contributed by atoms with Crippen molar-refractivity contribution < 1.29 is 18.0 Å². The molecule has 1 atom stereocenters. The largest absolute Gasteiger partial charge is 0.350 e.